The van der Waals surface area contributed by atoms with E-state index in [1.165, 1.54) is 51.4 Å². The zero-order chi connectivity index (χ0) is 12.8. The molecule has 0 unspecified atom stereocenters. The van der Waals surface area contributed by atoms with E-state index in [1.54, 1.807) is 0 Å². The number of hydrogen-bond acceptors (Lipinski definition) is 1. The molecule has 2 rings (SSSR count). The topological polar surface area (TPSA) is 50.4 Å². The highest BCUT2D eigenvalue weighted by molar-refractivity contribution is 5.77. The fourth-order valence-electron chi connectivity index (χ4n) is 3.05. The molecule has 3 heteroatoms. The number of nitrogens with zero attached hydrogens (tertiary/aromatic N) is 1. The summed E-state index contributed by atoms with van der Waals surface area (Å²) >= 11 is 0. The molecule has 2 saturated carbocycles. The highest BCUT2D eigenvalue weighted by atomic mass is 15.1. The van der Waals surface area contributed by atoms with Gasteiger partial charge in [0.25, 0.3) is 0 Å². The van der Waals surface area contributed by atoms with Gasteiger partial charge < -0.3 is 11.1 Å². The van der Waals surface area contributed by atoms with Crippen LogP contribution in [0.2, 0.25) is 0 Å². The van der Waals surface area contributed by atoms with Crippen LogP contribution in [-0.4, -0.2) is 19.0 Å². The molecule has 0 aromatic heterocycles. The molecule has 0 aromatic carbocycles. The van der Waals surface area contributed by atoms with Crippen LogP contribution in [-0.2, 0) is 0 Å². The Kier molecular flexibility index (Phi) is 5.33. The van der Waals surface area contributed by atoms with Gasteiger partial charge in [-0.2, -0.15) is 0 Å². The molecule has 104 valence electrons. The third-order valence-electron chi connectivity index (χ3n) is 4.86. The second-order valence-corrected chi connectivity index (χ2v) is 6.20. The number of nitrogens with two attached hydrogens (primary N) is 1. The maximum Gasteiger partial charge on any atom is 0.188 e. The van der Waals surface area contributed by atoms with Crippen molar-refractivity contribution >= 4 is 5.96 Å². The summed E-state index contributed by atoms with van der Waals surface area (Å²) in [4.78, 5) is 4.44. The van der Waals surface area contributed by atoms with Crippen LogP contribution in [0.4, 0.5) is 0 Å². The molecule has 0 bridgehead atoms. The van der Waals surface area contributed by atoms with E-state index in [2.05, 4.69) is 17.2 Å². The lowest BCUT2D eigenvalue weighted by atomic mass is 9.81. The van der Waals surface area contributed by atoms with Gasteiger partial charge in [-0.05, 0) is 43.4 Å². The monoisotopic (exact) mass is 251 g/mol. The average Bonchev–Trinajstić information content (AvgIpc) is 2.35. The molecule has 0 spiro atoms. The fraction of sp³-hybridized carbons (Fsp3) is 0.933. The first-order valence-corrected chi connectivity index (χ1v) is 7.81. The average molecular weight is 251 g/mol. The third kappa shape index (κ3) is 4.18. The Morgan fingerprint density at radius 1 is 1.06 bits per heavy atom. The van der Waals surface area contributed by atoms with Crippen molar-refractivity contribution in [2.24, 2.45) is 28.5 Å². The standard InChI is InChI=1S/C15H29N3/c1-2-12-6-8-14(9-7-12)11-18-15(16)17-10-13-4-3-5-13/h12-14H,2-11H2,1H3,(H3,16,17,18). The molecule has 2 aliphatic rings. The summed E-state index contributed by atoms with van der Waals surface area (Å²) in [6, 6.07) is 0. The summed E-state index contributed by atoms with van der Waals surface area (Å²) in [5.41, 5.74) is 5.91. The van der Waals surface area contributed by atoms with E-state index in [1.807, 2.05) is 0 Å². The summed E-state index contributed by atoms with van der Waals surface area (Å²) < 4.78 is 0. The Morgan fingerprint density at radius 3 is 2.28 bits per heavy atom. The maximum atomic E-state index is 5.91. The van der Waals surface area contributed by atoms with E-state index in [4.69, 9.17) is 5.73 Å². The molecular weight excluding hydrogens is 222 g/mol. The van der Waals surface area contributed by atoms with Crippen LogP contribution < -0.4 is 11.1 Å². The molecule has 0 atom stereocenters. The van der Waals surface area contributed by atoms with Crippen molar-refractivity contribution in [2.45, 2.75) is 58.3 Å². The molecular formula is C15H29N3. The summed E-state index contributed by atoms with van der Waals surface area (Å²) in [5.74, 6) is 3.26. The van der Waals surface area contributed by atoms with Crippen molar-refractivity contribution in [2.75, 3.05) is 13.1 Å². The molecule has 3 nitrogen and oxygen atoms in total. The normalized spacial score (nSPS) is 29.9. The third-order valence-corrected chi connectivity index (χ3v) is 4.86. The Balaban J connectivity index is 1.59. The van der Waals surface area contributed by atoms with Crippen LogP contribution >= 0.6 is 0 Å². The zero-order valence-corrected chi connectivity index (χ0v) is 11.8. The van der Waals surface area contributed by atoms with E-state index in [9.17, 15) is 0 Å². The van der Waals surface area contributed by atoms with Gasteiger partial charge >= 0.3 is 0 Å². The van der Waals surface area contributed by atoms with Gasteiger partial charge in [-0.3, -0.25) is 4.99 Å². The Morgan fingerprint density at radius 2 is 1.72 bits per heavy atom. The quantitative estimate of drug-likeness (QED) is 0.583. The van der Waals surface area contributed by atoms with Crippen molar-refractivity contribution in [3.05, 3.63) is 0 Å². The van der Waals surface area contributed by atoms with Gasteiger partial charge in [0.15, 0.2) is 5.96 Å². The molecule has 2 fully saturated rings. The molecule has 0 aliphatic heterocycles. The molecule has 0 radical (unpaired) electrons. The summed E-state index contributed by atoms with van der Waals surface area (Å²) in [7, 11) is 0. The van der Waals surface area contributed by atoms with Crippen molar-refractivity contribution in [3.63, 3.8) is 0 Å². The number of guanidine groups is 1. The second kappa shape index (κ2) is 7.01. The highest BCUT2D eigenvalue weighted by Gasteiger charge is 2.20. The van der Waals surface area contributed by atoms with Crippen molar-refractivity contribution in [1.29, 1.82) is 0 Å². The fourth-order valence-corrected chi connectivity index (χ4v) is 3.05. The lowest BCUT2D eigenvalue weighted by Crippen LogP contribution is -2.37. The van der Waals surface area contributed by atoms with Gasteiger partial charge in [0.05, 0.1) is 0 Å². The van der Waals surface area contributed by atoms with Crippen LogP contribution in [0.3, 0.4) is 0 Å². The molecule has 0 aromatic rings. The first-order valence-electron chi connectivity index (χ1n) is 7.81. The maximum absolute atomic E-state index is 5.91. The first-order chi connectivity index (χ1) is 8.78. The van der Waals surface area contributed by atoms with E-state index < -0.39 is 0 Å². The largest absolute Gasteiger partial charge is 0.370 e. The predicted molar refractivity (Wildman–Crippen MR) is 77.6 cm³/mol. The van der Waals surface area contributed by atoms with Crippen molar-refractivity contribution < 1.29 is 0 Å². The molecule has 18 heavy (non-hydrogen) atoms. The minimum absolute atomic E-state index is 0.666. The van der Waals surface area contributed by atoms with E-state index in [0.717, 1.165) is 30.8 Å². The van der Waals surface area contributed by atoms with Gasteiger partial charge in [0, 0.05) is 13.1 Å². The van der Waals surface area contributed by atoms with E-state index >= 15 is 0 Å². The predicted octanol–water partition coefficient (Wildman–Crippen LogP) is 2.91. The smallest absolute Gasteiger partial charge is 0.188 e. The summed E-state index contributed by atoms with van der Waals surface area (Å²) in [6.07, 6.45) is 11.0. The Hall–Kier alpha value is -0.730. The van der Waals surface area contributed by atoms with Crippen LogP contribution in [0.15, 0.2) is 4.99 Å². The van der Waals surface area contributed by atoms with Crippen LogP contribution in [0.1, 0.15) is 58.3 Å². The van der Waals surface area contributed by atoms with Crippen molar-refractivity contribution in [3.8, 4) is 0 Å². The van der Waals surface area contributed by atoms with Gasteiger partial charge in [0.1, 0.15) is 0 Å². The number of nitrogens with one attached hydrogen (secondary N) is 1. The Bertz CT molecular complexity index is 263. The zero-order valence-electron chi connectivity index (χ0n) is 11.8. The van der Waals surface area contributed by atoms with E-state index in [0.29, 0.717) is 5.96 Å². The van der Waals surface area contributed by atoms with Crippen molar-refractivity contribution in [1.82, 2.24) is 5.32 Å². The highest BCUT2D eigenvalue weighted by Crippen LogP contribution is 2.30. The Labute approximate surface area is 112 Å². The lowest BCUT2D eigenvalue weighted by Gasteiger charge is -2.28. The van der Waals surface area contributed by atoms with Gasteiger partial charge in [-0.15, -0.1) is 0 Å². The van der Waals surface area contributed by atoms with Gasteiger partial charge in [0.2, 0.25) is 0 Å². The molecule has 0 heterocycles. The van der Waals surface area contributed by atoms with Crippen LogP contribution in [0.25, 0.3) is 0 Å². The molecule has 2 aliphatic carbocycles. The lowest BCUT2D eigenvalue weighted by molar-refractivity contribution is 0.269. The van der Waals surface area contributed by atoms with Crippen LogP contribution in [0, 0.1) is 17.8 Å². The first kappa shape index (κ1) is 13.7. The number of hydrogen-bond donors (Lipinski definition) is 2. The van der Waals surface area contributed by atoms with Crippen LogP contribution in [0.5, 0.6) is 0 Å². The molecule has 0 amide bonds. The van der Waals surface area contributed by atoms with Gasteiger partial charge in [-0.25, -0.2) is 0 Å². The minimum atomic E-state index is 0.666. The second-order valence-electron chi connectivity index (χ2n) is 6.20. The number of rotatable bonds is 5. The molecule has 0 saturated heterocycles. The summed E-state index contributed by atoms with van der Waals surface area (Å²) in [6.45, 7) is 4.27. The SMILES string of the molecule is CCC1CCC(CNC(N)=NCC2CCC2)CC1. The molecule has 3 N–H and O–H groups in total. The summed E-state index contributed by atoms with van der Waals surface area (Å²) in [5, 5.41) is 3.32. The number of aliphatic imine (C=N–C) groups is 1. The van der Waals surface area contributed by atoms with E-state index in [-0.39, 0.29) is 0 Å². The van der Waals surface area contributed by atoms with Gasteiger partial charge in [-0.1, -0.05) is 32.6 Å². The minimum Gasteiger partial charge on any atom is -0.370 e.